The number of rotatable bonds is 10. The van der Waals surface area contributed by atoms with E-state index in [4.69, 9.17) is 14.2 Å². The number of likely N-dealkylation sites (N-methyl/N-ethyl adjacent to an activating group) is 1. The molecule has 140 valence electrons. The fourth-order valence-corrected chi connectivity index (χ4v) is 2.61. The van der Waals surface area contributed by atoms with Gasteiger partial charge >= 0.3 is 5.97 Å². The van der Waals surface area contributed by atoms with Crippen molar-refractivity contribution in [2.24, 2.45) is 0 Å². The van der Waals surface area contributed by atoms with Gasteiger partial charge in [0.25, 0.3) is 0 Å². The molecule has 0 fully saturated rings. The van der Waals surface area contributed by atoms with Crippen molar-refractivity contribution < 1.29 is 19.0 Å². The quantitative estimate of drug-likeness (QED) is 0.610. The predicted octanol–water partition coefficient (Wildman–Crippen LogP) is 3.43. The van der Waals surface area contributed by atoms with Crippen molar-refractivity contribution in [3.05, 3.63) is 59.7 Å². The number of esters is 1. The Morgan fingerprint density at radius 3 is 2.46 bits per heavy atom. The summed E-state index contributed by atoms with van der Waals surface area (Å²) in [6, 6.07) is 15.3. The maximum atomic E-state index is 11.5. The fourth-order valence-electron chi connectivity index (χ4n) is 2.61. The summed E-state index contributed by atoms with van der Waals surface area (Å²) in [6.07, 6.45) is 2.12. The van der Waals surface area contributed by atoms with E-state index in [-0.39, 0.29) is 5.97 Å². The molecule has 2 aromatic rings. The zero-order valence-electron chi connectivity index (χ0n) is 15.7. The monoisotopic (exact) mass is 357 g/mol. The summed E-state index contributed by atoms with van der Waals surface area (Å²) in [5.41, 5.74) is 1.81. The van der Waals surface area contributed by atoms with Crippen LogP contribution in [-0.2, 0) is 11.2 Å². The molecule has 2 aromatic carbocycles. The standard InChI is InChI=1S/C21H27NO4/c1-22(13-5-6-17-9-11-19(24-2)12-10-17)14-15-26-20-8-4-7-18(16-20)21(23)25-3/h4,7-12,16H,5-6,13-15H2,1-3H3. The molecule has 0 saturated heterocycles. The van der Waals surface area contributed by atoms with Crippen LogP contribution >= 0.6 is 0 Å². The topological polar surface area (TPSA) is 48.0 Å². The lowest BCUT2D eigenvalue weighted by Crippen LogP contribution is -2.25. The average molecular weight is 357 g/mol. The number of benzene rings is 2. The number of carbonyl (C=O) groups excluding carboxylic acids is 1. The molecule has 0 saturated carbocycles. The van der Waals surface area contributed by atoms with E-state index >= 15 is 0 Å². The summed E-state index contributed by atoms with van der Waals surface area (Å²) in [4.78, 5) is 13.8. The van der Waals surface area contributed by atoms with Crippen LogP contribution in [0.5, 0.6) is 11.5 Å². The molecule has 26 heavy (non-hydrogen) atoms. The van der Waals surface area contributed by atoms with E-state index in [1.165, 1.54) is 12.7 Å². The number of carbonyl (C=O) groups is 1. The summed E-state index contributed by atoms with van der Waals surface area (Å²) in [5.74, 6) is 1.21. The van der Waals surface area contributed by atoms with Gasteiger partial charge in [0, 0.05) is 6.54 Å². The zero-order chi connectivity index (χ0) is 18.8. The molecule has 0 heterocycles. The maximum Gasteiger partial charge on any atom is 0.337 e. The van der Waals surface area contributed by atoms with Crippen molar-refractivity contribution in [3.8, 4) is 11.5 Å². The summed E-state index contributed by atoms with van der Waals surface area (Å²) in [5, 5.41) is 0. The van der Waals surface area contributed by atoms with E-state index in [9.17, 15) is 4.79 Å². The van der Waals surface area contributed by atoms with Crippen LogP contribution in [0.15, 0.2) is 48.5 Å². The van der Waals surface area contributed by atoms with E-state index in [1.54, 1.807) is 25.3 Å². The normalized spacial score (nSPS) is 10.6. The highest BCUT2D eigenvalue weighted by Gasteiger charge is 2.06. The first kappa shape index (κ1) is 19.8. The summed E-state index contributed by atoms with van der Waals surface area (Å²) in [6.45, 7) is 2.40. The number of hydrogen-bond donors (Lipinski definition) is 0. The Kier molecular flexibility index (Phi) is 7.96. The fraction of sp³-hybridized carbons (Fsp3) is 0.381. The molecule has 0 bridgehead atoms. The molecule has 0 radical (unpaired) electrons. The number of methoxy groups -OCH3 is 2. The molecular weight excluding hydrogens is 330 g/mol. The minimum Gasteiger partial charge on any atom is -0.497 e. The van der Waals surface area contributed by atoms with Crippen LogP contribution in [0.25, 0.3) is 0 Å². The molecule has 0 N–H and O–H groups in total. The Morgan fingerprint density at radius 1 is 1.00 bits per heavy atom. The van der Waals surface area contributed by atoms with E-state index in [0.29, 0.717) is 17.9 Å². The summed E-state index contributed by atoms with van der Waals surface area (Å²) >= 11 is 0. The lowest BCUT2D eigenvalue weighted by molar-refractivity contribution is 0.0600. The van der Waals surface area contributed by atoms with E-state index < -0.39 is 0 Å². The summed E-state index contributed by atoms with van der Waals surface area (Å²) in [7, 11) is 5.14. The van der Waals surface area contributed by atoms with Gasteiger partial charge in [-0.25, -0.2) is 4.79 Å². The van der Waals surface area contributed by atoms with Gasteiger partial charge in [0.05, 0.1) is 19.8 Å². The second kappa shape index (κ2) is 10.5. The van der Waals surface area contributed by atoms with Crippen LogP contribution in [0.1, 0.15) is 22.3 Å². The molecule has 0 aromatic heterocycles. The Balaban J connectivity index is 1.67. The van der Waals surface area contributed by atoms with Gasteiger partial charge in [0.15, 0.2) is 0 Å². The highest BCUT2D eigenvalue weighted by atomic mass is 16.5. The van der Waals surface area contributed by atoms with Gasteiger partial charge in [-0.2, -0.15) is 0 Å². The van der Waals surface area contributed by atoms with Crippen molar-refractivity contribution in [1.82, 2.24) is 4.90 Å². The molecule has 5 heteroatoms. The third kappa shape index (κ3) is 6.41. The number of aryl methyl sites for hydroxylation is 1. The smallest absolute Gasteiger partial charge is 0.337 e. The SMILES string of the molecule is COC(=O)c1cccc(OCCN(C)CCCc2ccc(OC)cc2)c1. The molecule has 0 spiro atoms. The first-order valence-corrected chi connectivity index (χ1v) is 8.75. The molecular formula is C21H27NO4. The zero-order valence-corrected chi connectivity index (χ0v) is 15.7. The first-order chi connectivity index (χ1) is 12.6. The van der Waals surface area contributed by atoms with Gasteiger partial charge in [-0.1, -0.05) is 18.2 Å². The van der Waals surface area contributed by atoms with E-state index in [2.05, 4.69) is 24.1 Å². The Morgan fingerprint density at radius 2 is 1.77 bits per heavy atom. The Labute approximate surface area is 155 Å². The van der Waals surface area contributed by atoms with Gasteiger partial charge in [-0.3, -0.25) is 0 Å². The molecule has 0 amide bonds. The maximum absolute atomic E-state index is 11.5. The predicted molar refractivity (Wildman–Crippen MR) is 102 cm³/mol. The van der Waals surface area contributed by atoms with Crippen molar-refractivity contribution >= 4 is 5.97 Å². The number of nitrogens with zero attached hydrogens (tertiary/aromatic N) is 1. The third-order valence-electron chi connectivity index (χ3n) is 4.16. The summed E-state index contributed by atoms with van der Waals surface area (Å²) < 4.78 is 15.6. The largest absolute Gasteiger partial charge is 0.497 e. The lowest BCUT2D eigenvalue weighted by Gasteiger charge is -2.17. The Bertz CT molecular complexity index is 685. The third-order valence-corrected chi connectivity index (χ3v) is 4.16. The van der Waals surface area contributed by atoms with Crippen LogP contribution in [0.2, 0.25) is 0 Å². The highest BCUT2D eigenvalue weighted by molar-refractivity contribution is 5.89. The van der Waals surface area contributed by atoms with Crippen LogP contribution in [0.3, 0.4) is 0 Å². The van der Waals surface area contributed by atoms with Crippen molar-refractivity contribution in [3.63, 3.8) is 0 Å². The van der Waals surface area contributed by atoms with Gasteiger partial charge < -0.3 is 19.1 Å². The lowest BCUT2D eigenvalue weighted by atomic mass is 10.1. The molecule has 2 rings (SSSR count). The number of ether oxygens (including phenoxy) is 3. The van der Waals surface area contributed by atoms with Crippen molar-refractivity contribution in [2.75, 3.05) is 41.0 Å². The minimum absolute atomic E-state index is 0.355. The van der Waals surface area contributed by atoms with Crippen LogP contribution in [-0.4, -0.2) is 51.8 Å². The first-order valence-electron chi connectivity index (χ1n) is 8.75. The van der Waals surface area contributed by atoms with Crippen LogP contribution in [0, 0.1) is 0 Å². The van der Waals surface area contributed by atoms with Gasteiger partial charge in [-0.15, -0.1) is 0 Å². The average Bonchev–Trinajstić information content (AvgIpc) is 2.68. The Hall–Kier alpha value is -2.53. The van der Waals surface area contributed by atoms with Gasteiger partial charge in [0.1, 0.15) is 18.1 Å². The molecule has 0 atom stereocenters. The van der Waals surface area contributed by atoms with E-state index in [1.807, 2.05) is 18.2 Å². The molecule has 0 aliphatic heterocycles. The number of hydrogen-bond acceptors (Lipinski definition) is 5. The van der Waals surface area contributed by atoms with Crippen LogP contribution < -0.4 is 9.47 Å². The highest BCUT2D eigenvalue weighted by Crippen LogP contribution is 2.14. The minimum atomic E-state index is -0.355. The molecule has 0 aliphatic carbocycles. The second-order valence-corrected chi connectivity index (χ2v) is 6.12. The van der Waals surface area contributed by atoms with E-state index in [0.717, 1.165) is 31.7 Å². The molecule has 0 unspecified atom stereocenters. The van der Waals surface area contributed by atoms with Crippen molar-refractivity contribution in [1.29, 1.82) is 0 Å². The van der Waals surface area contributed by atoms with Gasteiger partial charge in [-0.05, 0) is 62.3 Å². The van der Waals surface area contributed by atoms with Crippen molar-refractivity contribution in [2.45, 2.75) is 12.8 Å². The second-order valence-electron chi connectivity index (χ2n) is 6.12. The molecule has 0 aliphatic rings. The molecule has 5 nitrogen and oxygen atoms in total. The van der Waals surface area contributed by atoms with Crippen LogP contribution in [0.4, 0.5) is 0 Å². The van der Waals surface area contributed by atoms with Gasteiger partial charge in [0.2, 0.25) is 0 Å².